The molecule has 0 aromatic carbocycles. The summed E-state index contributed by atoms with van der Waals surface area (Å²) in [4.78, 5) is 15.8. The van der Waals surface area contributed by atoms with E-state index < -0.39 is 11.7 Å². The molecule has 1 N–H and O–H groups in total. The van der Waals surface area contributed by atoms with E-state index in [0.717, 1.165) is 6.42 Å². The molecule has 5 heteroatoms. The predicted molar refractivity (Wildman–Crippen MR) is 72.7 cm³/mol. The first kappa shape index (κ1) is 15.5. The van der Waals surface area contributed by atoms with Gasteiger partial charge in [0.05, 0.1) is 12.2 Å². The fraction of sp³-hybridized carbons (Fsp3) is 0.714. The lowest BCUT2D eigenvalue weighted by Gasteiger charge is -2.27. The maximum absolute atomic E-state index is 11.9. The summed E-state index contributed by atoms with van der Waals surface area (Å²) in [5, 5.41) is 2.84. The minimum absolute atomic E-state index is 0.0481. The number of amides is 1. The van der Waals surface area contributed by atoms with Crippen LogP contribution in [0.1, 0.15) is 59.8 Å². The summed E-state index contributed by atoms with van der Waals surface area (Å²) < 4.78 is 10.6. The van der Waals surface area contributed by atoms with Crippen LogP contribution in [-0.4, -0.2) is 16.7 Å². The van der Waals surface area contributed by atoms with Gasteiger partial charge >= 0.3 is 6.09 Å². The molecule has 5 nitrogen and oxygen atoms in total. The van der Waals surface area contributed by atoms with Crippen LogP contribution in [0.2, 0.25) is 0 Å². The predicted octanol–water partition coefficient (Wildman–Crippen LogP) is 3.68. The lowest BCUT2D eigenvalue weighted by molar-refractivity contribution is 0.0484. The van der Waals surface area contributed by atoms with Crippen LogP contribution in [0.25, 0.3) is 0 Å². The number of nitrogens with zero attached hydrogens (tertiary/aromatic N) is 1. The van der Waals surface area contributed by atoms with Gasteiger partial charge in [0.1, 0.15) is 11.4 Å². The Labute approximate surface area is 114 Å². The molecular weight excluding hydrogens is 244 g/mol. The van der Waals surface area contributed by atoms with Crippen molar-refractivity contribution in [1.29, 1.82) is 0 Å². The SMILES string of the molecule is CC(C)(C)CC(NC(=O)OC(C)(C)C)c1cnco1. The zero-order chi connectivity index (χ0) is 14.7. The van der Waals surface area contributed by atoms with Gasteiger partial charge in [0, 0.05) is 0 Å². The Morgan fingerprint density at radius 2 is 2.00 bits per heavy atom. The zero-order valence-electron chi connectivity index (χ0n) is 12.6. The van der Waals surface area contributed by atoms with Crippen LogP contribution in [0.15, 0.2) is 17.0 Å². The molecule has 108 valence electrons. The third-order valence-electron chi connectivity index (χ3n) is 2.30. The molecule has 0 aliphatic carbocycles. The van der Waals surface area contributed by atoms with Crippen LogP contribution in [-0.2, 0) is 4.74 Å². The molecule has 1 aromatic rings. The first-order valence-corrected chi connectivity index (χ1v) is 6.45. The highest BCUT2D eigenvalue weighted by atomic mass is 16.6. The van der Waals surface area contributed by atoms with Crippen LogP contribution in [0.3, 0.4) is 0 Å². The van der Waals surface area contributed by atoms with Crippen molar-refractivity contribution in [3.05, 3.63) is 18.4 Å². The van der Waals surface area contributed by atoms with Crippen molar-refractivity contribution in [2.45, 2.75) is 59.6 Å². The highest BCUT2D eigenvalue weighted by Crippen LogP contribution is 2.29. The number of alkyl carbamates (subject to hydrolysis) is 1. The maximum atomic E-state index is 11.9. The van der Waals surface area contributed by atoms with Crippen molar-refractivity contribution in [3.8, 4) is 0 Å². The average Bonchev–Trinajstić information content (AvgIpc) is 2.62. The van der Waals surface area contributed by atoms with Crippen LogP contribution in [0, 0.1) is 5.41 Å². The van der Waals surface area contributed by atoms with Gasteiger partial charge in [-0.2, -0.15) is 0 Å². The number of hydrogen-bond acceptors (Lipinski definition) is 4. The second-order valence-corrected chi connectivity index (χ2v) is 6.87. The normalized spacial score (nSPS) is 14.0. The molecule has 1 heterocycles. The Kier molecular flexibility index (Phi) is 4.61. The van der Waals surface area contributed by atoms with E-state index in [9.17, 15) is 4.79 Å². The smallest absolute Gasteiger partial charge is 0.408 e. The van der Waals surface area contributed by atoms with E-state index >= 15 is 0 Å². The number of hydrogen-bond donors (Lipinski definition) is 1. The van der Waals surface area contributed by atoms with Crippen LogP contribution in [0.4, 0.5) is 4.79 Å². The molecule has 0 bridgehead atoms. The van der Waals surface area contributed by atoms with Gasteiger partial charge in [-0.15, -0.1) is 0 Å². The first-order valence-electron chi connectivity index (χ1n) is 6.45. The van der Waals surface area contributed by atoms with E-state index in [2.05, 4.69) is 31.1 Å². The van der Waals surface area contributed by atoms with Gasteiger partial charge in [0.2, 0.25) is 0 Å². The highest BCUT2D eigenvalue weighted by Gasteiger charge is 2.26. The number of ether oxygens (including phenoxy) is 1. The number of oxazole rings is 1. The largest absolute Gasteiger partial charge is 0.446 e. The zero-order valence-corrected chi connectivity index (χ0v) is 12.6. The molecule has 1 unspecified atom stereocenters. The van der Waals surface area contributed by atoms with Gasteiger partial charge in [-0.05, 0) is 32.6 Å². The number of aromatic nitrogens is 1. The molecule has 0 aliphatic heterocycles. The summed E-state index contributed by atoms with van der Waals surface area (Å²) >= 11 is 0. The summed E-state index contributed by atoms with van der Waals surface area (Å²) in [6.45, 7) is 11.8. The summed E-state index contributed by atoms with van der Waals surface area (Å²) in [6.07, 6.45) is 3.27. The average molecular weight is 268 g/mol. The van der Waals surface area contributed by atoms with Gasteiger partial charge in [-0.1, -0.05) is 20.8 Å². The lowest BCUT2D eigenvalue weighted by atomic mass is 9.87. The Hall–Kier alpha value is -1.52. The van der Waals surface area contributed by atoms with Crippen LogP contribution < -0.4 is 5.32 Å². The standard InChI is InChI=1S/C14H24N2O3/c1-13(2,3)7-10(11-8-15-9-18-11)16-12(17)19-14(4,5)6/h8-10H,7H2,1-6H3,(H,16,17). The summed E-state index contributed by atoms with van der Waals surface area (Å²) in [7, 11) is 0. The highest BCUT2D eigenvalue weighted by molar-refractivity contribution is 5.68. The quantitative estimate of drug-likeness (QED) is 0.908. The monoisotopic (exact) mass is 268 g/mol. The molecule has 1 amide bonds. The van der Waals surface area contributed by atoms with Gasteiger partial charge in [-0.3, -0.25) is 0 Å². The Bertz CT molecular complexity index is 399. The van der Waals surface area contributed by atoms with E-state index in [1.54, 1.807) is 6.20 Å². The Morgan fingerprint density at radius 1 is 1.37 bits per heavy atom. The topological polar surface area (TPSA) is 64.4 Å². The number of rotatable bonds is 3. The van der Waals surface area contributed by atoms with E-state index in [1.165, 1.54) is 6.39 Å². The van der Waals surface area contributed by atoms with Gasteiger partial charge in [-0.25, -0.2) is 9.78 Å². The molecule has 1 atom stereocenters. The molecule has 0 saturated carbocycles. The van der Waals surface area contributed by atoms with Crippen LogP contribution in [0.5, 0.6) is 0 Å². The molecule has 0 fully saturated rings. The minimum atomic E-state index is -0.516. The number of carbonyl (C=O) groups excluding carboxylic acids is 1. The Morgan fingerprint density at radius 3 is 2.42 bits per heavy atom. The summed E-state index contributed by atoms with van der Waals surface area (Å²) in [6, 6.07) is -0.239. The molecular formula is C14H24N2O3. The fourth-order valence-corrected chi connectivity index (χ4v) is 1.68. The van der Waals surface area contributed by atoms with Gasteiger partial charge in [0.25, 0.3) is 0 Å². The van der Waals surface area contributed by atoms with Gasteiger partial charge < -0.3 is 14.5 Å². The first-order chi connectivity index (χ1) is 8.57. The van der Waals surface area contributed by atoms with Crippen molar-refractivity contribution in [1.82, 2.24) is 10.3 Å². The van der Waals surface area contributed by atoms with Gasteiger partial charge in [0.15, 0.2) is 6.39 Å². The maximum Gasteiger partial charge on any atom is 0.408 e. The van der Waals surface area contributed by atoms with Crippen molar-refractivity contribution in [2.24, 2.45) is 5.41 Å². The van der Waals surface area contributed by atoms with Crippen LogP contribution >= 0.6 is 0 Å². The summed E-state index contributed by atoms with van der Waals surface area (Å²) in [5.41, 5.74) is -0.468. The van der Waals surface area contributed by atoms with E-state index in [-0.39, 0.29) is 11.5 Å². The number of nitrogens with one attached hydrogen (secondary N) is 1. The van der Waals surface area contributed by atoms with Crippen molar-refractivity contribution in [3.63, 3.8) is 0 Å². The van der Waals surface area contributed by atoms with E-state index in [1.807, 2.05) is 20.8 Å². The summed E-state index contributed by atoms with van der Waals surface area (Å²) in [5.74, 6) is 0.640. The van der Waals surface area contributed by atoms with E-state index in [4.69, 9.17) is 9.15 Å². The van der Waals surface area contributed by atoms with Crippen molar-refractivity contribution < 1.29 is 13.9 Å². The molecule has 0 aliphatic rings. The number of carbonyl (C=O) groups is 1. The lowest BCUT2D eigenvalue weighted by Crippen LogP contribution is -2.36. The second-order valence-electron chi connectivity index (χ2n) is 6.87. The molecule has 0 saturated heterocycles. The molecule has 1 rings (SSSR count). The van der Waals surface area contributed by atoms with Crippen molar-refractivity contribution >= 4 is 6.09 Å². The molecule has 1 aromatic heterocycles. The molecule has 0 radical (unpaired) electrons. The third kappa shape index (κ3) is 6.27. The molecule has 0 spiro atoms. The third-order valence-corrected chi connectivity index (χ3v) is 2.30. The van der Waals surface area contributed by atoms with Crippen molar-refractivity contribution in [2.75, 3.05) is 0 Å². The molecule has 19 heavy (non-hydrogen) atoms. The Balaban J connectivity index is 2.73. The second kappa shape index (κ2) is 5.63. The minimum Gasteiger partial charge on any atom is -0.446 e. The van der Waals surface area contributed by atoms with E-state index in [0.29, 0.717) is 5.76 Å². The fourth-order valence-electron chi connectivity index (χ4n) is 1.68.